The van der Waals surface area contributed by atoms with E-state index in [1.807, 2.05) is 13.1 Å². The molecule has 2 amide bonds. The zero-order valence-electron chi connectivity index (χ0n) is 11.9. The molecule has 2 aliphatic carbocycles. The molecule has 2 fully saturated rings. The predicted octanol–water partition coefficient (Wildman–Crippen LogP) is 1.58. The summed E-state index contributed by atoms with van der Waals surface area (Å²) in [6, 6.07) is 1.73. The minimum absolute atomic E-state index is 0.0686. The molecule has 0 saturated heterocycles. The number of aryl methyl sites for hydroxylation is 1. The molecule has 20 heavy (non-hydrogen) atoms. The summed E-state index contributed by atoms with van der Waals surface area (Å²) in [5.74, 6) is 1.28. The molecule has 0 aliphatic heterocycles. The van der Waals surface area contributed by atoms with Gasteiger partial charge in [-0.2, -0.15) is 5.10 Å². The van der Waals surface area contributed by atoms with Crippen molar-refractivity contribution in [3.63, 3.8) is 0 Å². The molecule has 2 aliphatic rings. The third kappa shape index (κ3) is 2.65. The molecule has 110 valence electrons. The number of urea groups is 1. The second-order valence-electron chi connectivity index (χ2n) is 6.17. The second kappa shape index (κ2) is 5.09. The lowest BCUT2D eigenvalue weighted by molar-refractivity contribution is 0.206. The lowest BCUT2D eigenvalue weighted by Crippen LogP contribution is -2.35. The number of aliphatic hydroxyl groups is 1. The lowest BCUT2D eigenvalue weighted by Gasteiger charge is -2.22. The van der Waals surface area contributed by atoms with Gasteiger partial charge in [0.05, 0.1) is 12.3 Å². The van der Waals surface area contributed by atoms with Crippen LogP contribution in [0.15, 0.2) is 6.07 Å². The van der Waals surface area contributed by atoms with Crippen molar-refractivity contribution in [1.82, 2.24) is 15.1 Å². The van der Waals surface area contributed by atoms with Gasteiger partial charge < -0.3 is 10.4 Å². The fourth-order valence-corrected chi connectivity index (χ4v) is 2.51. The van der Waals surface area contributed by atoms with Crippen molar-refractivity contribution in [3.8, 4) is 0 Å². The maximum absolute atomic E-state index is 11.9. The van der Waals surface area contributed by atoms with Crippen molar-refractivity contribution >= 4 is 11.8 Å². The van der Waals surface area contributed by atoms with Crippen molar-refractivity contribution in [2.75, 3.05) is 18.5 Å². The van der Waals surface area contributed by atoms with Gasteiger partial charge in [-0.1, -0.05) is 6.42 Å². The number of anilines is 1. The molecule has 6 nitrogen and oxygen atoms in total. The number of nitrogens with zero attached hydrogens (tertiary/aromatic N) is 2. The summed E-state index contributed by atoms with van der Waals surface area (Å²) in [6.45, 7) is 0.674. The SMILES string of the molecule is Cn1nc(C2CCC2)cc1NC(=O)NCC1(CO)CC1. The molecule has 1 aromatic heterocycles. The highest BCUT2D eigenvalue weighted by molar-refractivity contribution is 5.88. The fraction of sp³-hybridized carbons (Fsp3) is 0.714. The van der Waals surface area contributed by atoms with Gasteiger partial charge in [0, 0.05) is 31.0 Å². The van der Waals surface area contributed by atoms with Crippen molar-refractivity contribution in [2.45, 2.75) is 38.0 Å². The van der Waals surface area contributed by atoms with Gasteiger partial charge in [-0.15, -0.1) is 0 Å². The van der Waals surface area contributed by atoms with Gasteiger partial charge in [-0.3, -0.25) is 10.00 Å². The Morgan fingerprint density at radius 2 is 2.30 bits per heavy atom. The number of nitrogens with one attached hydrogen (secondary N) is 2. The average molecular weight is 278 g/mol. The van der Waals surface area contributed by atoms with E-state index in [0.29, 0.717) is 12.5 Å². The summed E-state index contributed by atoms with van der Waals surface area (Å²) < 4.78 is 1.71. The first-order valence-corrected chi connectivity index (χ1v) is 7.32. The van der Waals surface area contributed by atoms with Crippen molar-refractivity contribution in [1.29, 1.82) is 0 Å². The second-order valence-corrected chi connectivity index (χ2v) is 6.17. The van der Waals surface area contributed by atoms with Gasteiger partial charge in [0.2, 0.25) is 0 Å². The van der Waals surface area contributed by atoms with E-state index in [2.05, 4.69) is 15.7 Å². The van der Waals surface area contributed by atoms with Gasteiger partial charge in [0.25, 0.3) is 0 Å². The van der Waals surface area contributed by atoms with Crippen molar-refractivity contribution in [2.24, 2.45) is 12.5 Å². The molecular formula is C14H22N4O2. The zero-order valence-corrected chi connectivity index (χ0v) is 11.9. The van der Waals surface area contributed by atoms with Crippen LogP contribution in [-0.2, 0) is 7.05 Å². The Morgan fingerprint density at radius 3 is 2.85 bits per heavy atom. The van der Waals surface area contributed by atoms with Crippen LogP contribution in [0.1, 0.15) is 43.7 Å². The number of carbonyl (C=O) groups excluding carboxylic acids is 1. The third-order valence-electron chi connectivity index (χ3n) is 4.58. The van der Waals surface area contributed by atoms with Crippen LogP contribution in [0.5, 0.6) is 0 Å². The molecule has 6 heteroatoms. The molecule has 3 rings (SSSR count). The van der Waals surface area contributed by atoms with Gasteiger partial charge in [-0.25, -0.2) is 4.79 Å². The first kappa shape index (κ1) is 13.4. The standard InChI is InChI=1S/C14H22N4O2/c1-18-12(7-11(17-18)10-3-2-4-10)16-13(20)15-8-14(9-19)5-6-14/h7,10,19H,2-6,8-9H2,1H3,(H2,15,16,20). The van der Waals surface area contributed by atoms with Crippen LogP contribution in [0.4, 0.5) is 10.6 Å². The Balaban J connectivity index is 1.54. The maximum atomic E-state index is 11.9. The van der Waals surface area contributed by atoms with E-state index in [4.69, 9.17) is 0 Å². The Hall–Kier alpha value is -1.56. The van der Waals surface area contributed by atoms with Crippen LogP contribution in [0.2, 0.25) is 0 Å². The average Bonchev–Trinajstić information content (AvgIpc) is 3.06. The zero-order chi connectivity index (χ0) is 14.2. The smallest absolute Gasteiger partial charge is 0.320 e. The molecule has 0 radical (unpaired) electrons. The van der Waals surface area contributed by atoms with Gasteiger partial charge in [0.1, 0.15) is 5.82 Å². The Morgan fingerprint density at radius 1 is 1.55 bits per heavy atom. The van der Waals surface area contributed by atoms with E-state index >= 15 is 0 Å². The molecule has 2 saturated carbocycles. The van der Waals surface area contributed by atoms with Gasteiger partial charge in [0.15, 0.2) is 0 Å². The maximum Gasteiger partial charge on any atom is 0.320 e. The van der Waals surface area contributed by atoms with Crippen molar-refractivity contribution in [3.05, 3.63) is 11.8 Å². The summed E-state index contributed by atoms with van der Waals surface area (Å²) in [5, 5.41) is 19.3. The third-order valence-corrected chi connectivity index (χ3v) is 4.58. The summed E-state index contributed by atoms with van der Waals surface area (Å²) >= 11 is 0. The lowest BCUT2D eigenvalue weighted by atomic mass is 9.83. The van der Waals surface area contributed by atoms with Crippen LogP contribution in [0.3, 0.4) is 0 Å². The van der Waals surface area contributed by atoms with Crippen LogP contribution in [-0.4, -0.2) is 34.1 Å². The fourth-order valence-electron chi connectivity index (χ4n) is 2.51. The Kier molecular flexibility index (Phi) is 3.41. The number of aliphatic hydroxyl groups excluding tert-OH is 1. The summed E-state index contributed by atoms with van der Waals surface area (Å²) in [4.78, 5) is 11.9. The number of carbonyl (C=O) groups is 1. The topological polar surface area (TPSA) is 79.2 Å². The highest BCUT2D eigenvalue weighted by atomic mass is 16.3. The first-order valence-electron chi connectivity index (χ1n) is 7.32. The number of amides is 2. The van der Waals surface area contributed by atoms with E-state index in [1.54, 1.807) is 4.68 Å². The minimum atomic E-state index is -0.229. The molecule has 0 aromatic carbocycles. The van der Waals surface area contributed by atoms with Crippen LogP contribution in [0, 0.1) is 5.41 Å². The number of hydrogen-bond acceptors (Lipinski definition) is 3. The molecule has 1 heterocycles. The molecule has 1 aromatic rings. The van der Waals surface area contributed by atoms with Crippen LogP contribution >= 0.6 is 0 Å². The predicted molar refractivity (Wildman–Crippen MR) is 75.6 cm³/mol. The highest BCUT2D eigenvalue weighted by Gasteiger charge is 2.42. The van der Waals surface area contributed by atoms with E-state index in [9.17, 15) is 9.90 Å². The van der Waals surface area contributed by atoms with E-state index in [-0.39, 0.29) is 18.1 Å². The quantitative estimate of drug-likeness (QED) is 0.765. The monoisotopic (exact) mass is 278 g/mol. The van der Waals surface area contributed by atoms with Gasteiger partial charge in [-0.05, 0) is 25.7 Å². The summed E-state index contributed by atoms with van der Waals surface area (Å²) in [5.41, 5.74) is 1.00. The molecule has 3 N–H and O–H groups in total. The molecule has 0 atom stereocenters. The largest absolute Gasteiger partial charge is 0.396 e. The Labute approximate surface area is 118 Å². The van der Waals surface area contributed by atoms with Gasteiger partial charge >= 0.3 is 6.03 Å². The van der Waals surface area contributed by atoms with E-state index in [1.165, 1.54) is 19.3 Å². The highest BCUT2D eigenvalue weighted by Crippen LogP contribution is 2.44. The van der Waals surface area contributed by atoms with Crippen LogP contribution < -0.4 is 10.6 Å². The molecule has 0 spiro atoms. The summed E-state index contributed by atoms with van der Waals surface area (Å²) in [6.07, 6.45) is 5.64. The van der Waals surface area contributed by atoms with Crippen LogP contribution in [0.25, 0.3) is 0 Å². The summed E-state index contributed by atoms with van der Waals surface area (Å²) in [7, 11) is 1.84. The van der Waals surface area contributed by atoms with Crippen molar-refractivity contribution < 1.29 is 9.90 Å². The van der Waals surface area contributed by atoms with E-state index < -0.39 is 0 Å². The Bertz CT molecular complexity index is 503. The molecule has 0 unspecified atom stereocenters. The first-order chi connectivity index (χ1) is 9.62. The number of hydrogen-bond donors (Lipinski definition) is 3. The normalized spacial score (nSPS) is 20.3. The number of rotatable bonds is 5. The molecular weight excluding hydrogens is 256 g/mol. The number of aromatic nitrogens is 2. The molecule has 0 bridgehead atoms. The minimum Gasteiger partial charge on any atom is -0.396 e. The van der Waals surface area contributed by atoms with E-state index in [0.717, 1.165) is 24.4 Å².